The van der Waals surface area contributed by atoms with Gasteiger partial charge in [-0.1, -0.05) is 24.3 Å². The Morgan fingerprint density at radius 3 is 2.71 bits per heavy atom. The van der Waals surface area contributed by atoms with Gasteiger partial charge in [0, 0.05) is 6.04 Å². The van der Waals surface area contributed by atoms with Gasteiger partial charge >= 0.3 is 0 Å². The topological polar surface area (TPSA) is 64.4 Å². The highest BCUT2D eigenvalue weighted by atomic mass is 19.1. The molecule has 126 valence electrons. The fourth-order valence-corrected chi connectivity index (χ4v) is 3.01. The van der Waals surface area contributed by atoms with Crippen LogP contribution in [0.25, 0.3) is 0 Å². The van der Waals surface area contributed by atoms with Crippen LogP contribution in [0.3, 0.4) is 0 Å². The SMILES string of the molecule is NC(=O)C1CCCC(c2ccc(OCc3cccc(F)c3)cc2)N1. The fraction of sp³-hybridized carbons (Fsp3) is 0.316. The molecule has 1 saturated heterocycles. The first kappa shape index (κ1) is 16.5. The van der Waals surface area contributed by atoms with Crippen molar-refractivity contribution in [3.8, 4) is 5.75 Å². The van der Waals surface area contributed by atoms with Crippen LogP contribution < -0.4 is 15.8 Å². The molecule has 5 heteroatoms. The first-order valence-corrected chi connectivity index (χ1v) is 8.14. The van der Waals surface area contributed by atoms with Crippen molar-refractivity contribution in [2.75, 3.05) is 0 Å². The van der Waals surface area contributed by atoms with Gasteiger partial charge in [0.15, 0.2) is 0 Å². The third kappa shape index (κ3) is 4.11. The average Bonchev–Trinajstić information content (AvgIpc) is 2.60. The van der Waals surface area contributed by atoms with E-state index >= 15 is 0 Å². The molecule has 1 fully saturated rings. The smallest absolute Gasteiger partial charge is 0.234 e. The lowest BCUT2D eigenvalue weighted by Gasteiger charge is -2.29. The van der Waals surface area contributed by atoms with Crippen molar-refractivity contribution in [2.24, 2.45) is 5.73 Å². The van der Waals surface area contributed by atoms with Gasteiger partial charge in [0.2, 0.25) is 5.91 Å². The van der Waals surface area contributed by atoms with E-state index in [1.807, 2.05) is 30.3 Å². The first-order chi connectivity index (χ1) is 11.6. The summed E-state index contributed by atoms with van der Waals surface area (Å²) in [6.45, 7) is 0.322. The minimum absolute atomic E-state index is 0.133. The zero-order chi connectivity index (χ0) is 16.9. The van der Waals surface area contributed by atoms with Crippen LogP contribution in [0.5, 0.6) is 5.75 Å². The Kier molecular flexibility index (Phi) is 5.11. The molecule has 0 saturated carbocycles. The number of nitrogens with two attached hydrogens (primary N) is 1. The molecular weight excluding hydrogens is 307 g/mol. The third-order valence-corrected chi connectivity index (χ3v) is 4.31. The molecule has 0 radical (unpaired) electrons. The van der Waals surface area contributed by atoms with E-state index < -0.39 is 0 Å². The van der Waals surface area contributed by atoms with E-state index in [4.69, 9.17) is 10.5 Å². The molecule has 4 nitrogen and oxygen atoms in total. The molecule has 1 amide bonds. The van der Waals surface area contributed by atoms with Gasteiger partial charge in [-0.05, 0) is 54.7 Å². The van der Waals surface area contributed by atoms with Crippen LogP contribution in [0.1, 0.15) is 36.4 Å². The van der Waals surface area contributed by atoms with Crippen molar-refractivity contribution >= 4 is 5.91 Å². The molecule has 0 bridgehead atoms. The van der Waals surface area contributed by atoms with Crippen LogP contribution in [0, 0.1) is 5.82 Å². The number of halogens is 1. The lowest BCUT2D eigenvalue weighted by Crippen LogP contribution is -2.45. The number of carbonyl (C=O) groups is 1. The second-order valence-electron chi connectivity index (χ2n) is 6.09. The largest absolute Gasteiger partial charge is 0.489 e. The van der Waals surface area contributed by atoms with E-state index in [2.05, 4.69) is 5.32 Å². The lowest BCUT2D eigenvalue weighted by atomic mass is 9.93. The Morgan fingerprint density at radius 1 is 1.21 bits per heavy atom. The van der Waals surface area contributed by atoms with Gasteiger partial charge in [0.25, 0.3) is 0 Å². The van der Waals surface area contributed by atoms with Gasteiger partial charge in [-0.3, -0.25) is 10.1 Å². The third-order valence-electron chi connectivity index (χ3n) is 4.31. The molecular formula is C19H21FN2O2. The number of benzene rings is 2. The molecule has 2 aromatic rings. The number of hydrogen-bond donors (Lipinski definition) is 2. The van der Waals surface area contributed by atoms with Gasteiger partial charge in [-0.25, -0.2) is 4.39 Å². The maximum absolute atomic E-state index is 13.1. The molecule has 2 atom stereocenters. The number of ether oxygens (including phenoxy) is 1. The minimum atomic E-state index is -0.297. The van der Waals surface area contributed by atoms with Crippen LogP contribution in [0.15, 0.2) is 48.5 Å². The molecule has 3 N–H and O–H groups in total. The van der Waals surface area contributed by atoms with E-state index in [1.165, 1.54) is 12.1 Å². The number of nitrogens with one attached hydrogen (secondary N) is 1. The van der Waals surface area contributed by atoms with Crippen molar-refractivity contribution in [3.05, 3.63) is 65.5 Å². The Hall–Kier alpha value is -2.40. The molecule has 2 aromatic carbocycles. The summed E-state index contributed by atoms with van der Waals surface area (Å²) in [6, 6.07) is 14.0. The second-order valence-corrected chi connectivity index (χ2v) is 6.09. The molecule has 0 spiro atoms. The Labute approximate surface area is 140 Å². The van der Waals surface area contributed by atoms with E-state index in [0.29, 0.717) is 6.61 Å². The highest BCUT2D eigenvalue weighted by Gasteiger charge is 2.25. The number of amides is 1. The van der Waals surface area contributed by atoms with Gasteiger partial charge in [-0.2, -0.15) is 0 Å². The van der Waals surface area contributed by atoms with Crippen molar-refractivity contribution in [1.29, 1.82) is 0 Å². The number of carbonyl (C=O) groups excluding carboxylic acids is 1. The number of rotatable bonds is 5. The Morgan fingerprint density at radius 2 is 2.00 bits per heavy atom. The number of piperidine rings is 1. The maximum Gasteiger partial charge on any atom is 0.234 e. The molecule has 0 aromatic heterocycles. The Bertz CT molecular complexity index is 703. The fourth-order valence-electron chi connectivity index (χ4n) is 3.01. The highest BCUT2D eigenvalue weighted by Crippen LogP contribution is 2.27. The van der Waals surface area contributed by atoms with Crippen LogP contribution in [0.4, 0.5) is 4.39 Å². The number of primary amides is 1. The van der Waals surface area contributed by atoms with Gasteiger partial charge < -0.3 is 10.5 Å². The van der Waals surface area contributed by atoms with E-state index in [1.54, 1.807) is 6.07 Å². The van der Waals surface area contributed by atoms with Crippen LogP contribution >= 0.6 is 0 Å². The van der Waals surface area contributed by atoms with E-state index in [0.717, 1.165) is 36.1 Å². The minimum Gasteiger partial charge on any atom is -0.489 e. The summed E-state index contributed by atoms with van der Waals surface area (Å²) in [7, 11) is 0. The van der Waals surface area contributed by atoms with Crippen molar-refractivity contribution in [3.63, 3.8) is 0 Å². The molecule has 1 aliphatic heterocycles. The van der Waals surface area contributed by atoms with Crippen LogP contribution in [0.2, 0.25) is 0 Å². The summed E-state index contributed by atoms with van der Waals surface area (Å²) >= 11 is 0. The van der Waals surface area contributed by atoms with E-state index in [9.17, 15) is 9.18 Å². The first-order valence-electron chi connectivity index (χ1n) is 8.14. The molecule has 2 unspecified atom stereocenters. The quantitative estimate of drug-likeness (QED) is 0.886. The lowest BCUT2D eigenvalue weighted by molar-refractivity contribution is -0.120. The Balaban J connectivity index is 1.60. The van der Waals surface area contributed by atoms with Crippen LogP contribution in [-0.4, -0.2) is 11.9 Å². The molecule has 3 rings (SSSR count). The van der Waals surface area contributed by atoms with Crippen molar-refractivity contribution in [1.82, 2.24) is 5.32 Å². The maximum atomic E-state index is 13.1. The van der Waals surface area contributed by atoms with Gasteiger partial charge in [-0.15, -0.1) is 0 Å². The van der Waals surface area contributed by atoms with Gasteiger partial charge in [0.1, 0.15) is 18.2 Å². The van der Waals surface area contributed by atoms with Crippen molar-refractivity contribution < 1.29 is 13.9 Å². The van der Waals surface area contributed by atoms with Crippen LogP contribution in [-0.2, 0) is 11.4 Å². The second kappa shape index (κ2) is 7.45. The summed E-state index contributed by atoms with van der Waals surface area (Å²) < 4.78 is 18.8. The highest BCUT2D eigenvalue weighted by molar-refractivity contribution is 5.80. The van der Waals surface area contributed by atoms with E-state index in [-0.39, 0.29) is 23.8 Å². The monoisotopic (exact) mass is 328 g/mol. The molecule has 0 aliphatic carbocycles. The zero-order valence-electron chi connectivity index (χ0n) is 13.4. The molecule has 1 heterocycles. The summed E-state index contributed by atoms with van der Waals surface area (Å²) in [5, 5.41) is 3.30. The average molecular weight is 328 g/mol. The summed E-state index contributed by atoms with van der Waals surface area (Å²) in [4.78, 5) is 11.3. The summed E-state index contributed by atoms with van der Waals surface area (Å²) in [5.41, 5.74) is 7.29. The van der Waals surface area contributed by atoms with Gasteiger partial charge in [0.05, 0.1) is 6.04 Å². The standard InChI is InChI=1S/C19H21FN2O2/c20-15-4-1-3-13(11-15)12-24-16-9-7-14(8-10-16)17-5-2-6-18(22-17)19(21)23/h1,3-4,7-11,17-18,22H,2,5-6,12H2,(H2,21,23). The zero-order valence-corrected chi connectivity index (χ0v) is 13.4. The molecule has 24 heavy (non-hydrogen) atoms. The predicted molar refractivity (Wildman–Crippen MR) is 89.9 cm³/mol. The molecule has 1 aliphatic rings. The summed E-state index contributed by atoms with van der Waals surface area (Å²) in [6.07, 6.45) is 2.75. The van der Waals surface area contributed by atoms with Crippen molar-refractivity contribution in [2.45, 2.75) is 38.0 Å². The number of hydrogen-bond acceptors (Lipinski definition) is 3. The predicted octanol–water partition coefficient (Wildman–Crippen LogP) is 3.07. The normalized spacial score (nSPS) is 20.5. The summed E-state index contributed by atoms with van der Waals surface area (Å²) in [5.74, 6) is 0.166.